The van der Waals surface area contributed by atoms with Gasteiger partial charge in [-0.15, -0.1) is 10.2 Å². The molecule has 0 amide bonds. The second kappa shape index (κ2) is 4.33. The predicted octanol–water partition coefficient (Wildman–Crippen LogP) is 2.10. The van der Waals surface area contributed by atoms with Crippen LogP contribution in [0.5, 0.6) is 5.75 Å². The van der Waals surface area contributed by atoms with Gasteiger partial charge in [-0.2, -0.15) is 22.8 Å². The maximum absolute atomic E-state index is 12.6. The third-order valence-electron chi connectivity index (χ3n) is 2.93. The molecule has 0 saturated carbocycles. The van der Waals surface area contributed by atoms with Crippen LogP contribution < -0.4 is 5.73 Å². The number of aromatic hydroxyl groups is 1. The highest BCUT2D eigenvalue weighted by Gasteiger charge is 2.31. The minimum atomic E-state index is -4.53. The van der Waals surface area contributed by atoms with Crippen LogP contribution in [0.15, 0.2) is 30.5 Å². The van der Waals surface area contributed by atoms with Gasteiger partial charge in [0.25, 0.3) is 0 Å². The first-order chi connectivity index (χ1) is 9.88. The van der Waals surface area contributed by atoms with Crippen LogP contribution in [0.2, 0.25) is 0 Å². The fourth-order valence-corrected chi connectivity index (χ4v) is 1.96. The first-order valence-corrected chi connectivity index (χ1v) is 5.74. The smallest absolute Gasteiger partial charge is 0.416 e. The predicted molar refractivity (Wildman–Crippen MR) is 67.3 cm³/mol. The molecule has 21 heavy (non-hydrogen) atoms. The topological polar surface area (TPSA) is 89.3 Å². The number of hydrogen-bond acceptors (Lipinski definition) is 5. The first kappa shape index (κ1) is 13.2. The Balaban J connectivity index is 2.20. The molecule has 0 radical (unpaired) electrons. The molecular weight excluding hydrogens is 287 g/mol. The van der Waals surface area contributed by atoms with Crippen LogP contribution in [0.25, 0.3) is 16.8 Å². The lowest BCUT2D eigenvalue weighted by molar-refractivity contribution is -0.137. The van der Waals surface area contributed by atoms with E-state index in [1.807, 2.05) is 0 Å². The van der Waals surface area contributed by atoms with Crippen molar-refractivity contribution in [2.75, 3.05) is 5.73 Å². The summed E-state index contributed by atoms with van der Waals surface area (Å²) < 4.78 is 39.0. The lowest BCUT2D eigenvalue weighted by Gasteiger charge is -2.10. The molecule has 108 valence electrons. The normalized spacial score (nSPS) is 12.0. The summed E-state index contributed by atoms with van der Waals surface area (Å²) in [6, 6.07) is 4.20. The van der Waals surface area contributed by atoms with E-state index in [1.165, 1.54) is 10.7 Å². The Morgan fingerprint density at radius 1 is 1.14 bits per heavy atom. The molecule has 3 aromatic rings. The zero-order valence-electron chi connectivity index (χ0n) is 10.3. The van der Waals surface area contributed by atoms with Crippen molar-refractivity contribution in [3.05, 3.63) is 36.0 Å². The molecule has 0 fully saturated rings. The van der Waals surface area contributed by atoms with Gasteiger partial charge in [0.05, 0.1) is 17.3 Å². The summed E-state index contributed by atoms with van der Waals surface area (Å²) in [5, 5.41) is 21.3. The van der Waals surface area contributed by atoms with Gasteiger partial charge in [-0.05, 0) is 24.3 Å². The van der Waals surface area contributed by atoms with Gasteiger partial charge in [0.1, 0.15) is 11.4 Å². The highest BCUT2D eigenvalue weighted by Crippen LogP contribution is 2.36. The van der Waals surface area contributed by atoms with E-state index in [1.54, 1.807) is 6.07 Å². The standard InChI is InChI=1S/C12H8F3N5O/c13-12(14,15)6-1-2-7(9(21)5-6)10-8-3-4-17-20(8)11(16)19-18-10/h1-5,21H,(H2,16,19). The number of nitrogen functional groups attached to an aromatic ring is 1. The van der Waals surface area contributed by atoms with Gasteiger partial charge >= 0.3 is 6.18 Å². The second-order valence-corrected chi connectivity index (χ2v) is 4.26. The molecule has 0 aliphatic carbocycles. The number of anilines is 1. The summed E-state index contributed by atoms with van der Waals surface area (Å²) in [6.45, 7) is 0. The van der Waals surface area contributed by atoms with Gasteiger partial charge < -0.3 is 10.8 Å². The van der Waals surface area contributed by atoms with E-state index >= 15 is 0 Å². The van der Waals surface area contributed by atoms with E-state index in [0.717, 1.165) is 12.1 Å². The highest BCUT2D eigenvalue weighted by molar-refractivity contribution is 5.80. The maximum Gasteiger partial charge on any atom is 0.416 e. The monoisotopic (exact) mass is 295 g/mol. The molecule has 6 nitrogen and oxygen atoms in total. The molecule has 3 N–H and O–H groups in total. The molecule has 0 unspecified atom stereocenters. The fourth-order valence-electron chi connectivity index (χ4n) is 1.96. The Morgan fingerprint density at radius 2 is 1.90 bits per heavy atom. The minimum Gasteiger partial charge on any atom is -0.507 e. The van der Waals surface area contributed by atoms with Gasteiger partial charge in [-0.3, -0.25) is 0 Å². The van der Waals surface area contributed by atoms with Crippen molar-refractivity contribution < 1.29 is 18.3 Å². The molecule has 0 saturated heterocycles. The molecule has 2 aromatic heterocycles. The van der Waals surface area contributed by atoms with Crippen LogP contribution in [0.1, 0.15) is 5.56 Å². The first-order valence-electron chi connectivity index (χ1n) is 5.74. The van der Waals surface area contributed by atoms with E-state index in [-0.39, 0.29) is 17.2 Å². The lowest BCUT2D eigenvalue weighted by Crippen LogP contribution is -2.06. The van der Waals surface area contributed by atoms with Crippen molar-refractivity contribution >= 4 is 11.5 Å². The minimum absolute atomic E-state index is 0.0325. The number of fused-ring (bicyclic) bond motifs is 1. The zero-order chi connectivity index (χ0) is 15.2. The van der Waals surface area contributed by atoms with Crippen molar-refractivity contribution in [1.29, 1.82) is 0 Å². The van der Waals surface area contributed by atoms with Crippen molar-refractivity contribution in [2.24, 2.45) is 0 Å². The van der Waals surface area contributed by atoms with Gasteiger partial charge in [0.15, 0.2) is 0 Å². The van der Waals surface area contributed by atoms with Gasteiger partial charge in [-0.1, -0.05) is 0 Å². The Labute approximate surface area is 115 Å². The van der Waals surface area contributed by atoms with E-state index in [4.69, 9.17) is 5.73 Å². The van der Waals surface area contributed by atoms with E-state index in [2.05, 4.69) is 15.3 Å². The van der Waals surface area contributed by atoms with Crippen LogP contribution in [-0.4, -0.2) is 24.9 Å². The number of nitrogens with zero attached hydrogens (tertiary/aromatic N) is 4. The number of phenols is 1. The molecule has 0 atom stereocenters. The number of alkyl halides is 3. The summed E-state index contributed by atoms with van der Waals surface area (Å²) in [6.07, 6.45) is -3.09. The molecule has 0 aliphatic rings. The van der Waals surface area contributed by atoms with Crippen molar-refractivity contribution in [3.8, 4) is 17.0 Å². The lowest BCUT2D eigenvalue weighted by atomic mass is 10.1. The third kappa shape index (κ3) is 2.12. The molecule has 0 aliphatic heterocycles. The Hall–Kier alpha value is -2.84. The van der Waals surface area contributed by atoms with Crippen LogP contribution in [-0.2, 0) is 6.18 Å². The number of halogens is 3. The largest absolute Gasteiger partial charge is 0.507 e. The molecule has 0 spiro atoms. The number of phenolic OH excluding ortho intramolecular Hbond substituents is 1. The van der Waals surface area contributed by atoms with E-state index in [0.29, 0.717) is 11.6 Å². The van der Waals surface area contributed by atoms with E-state index in [9.17, 15) is 18.3 Å². The summed E-state index contributed by atoms with van der Waals surface area (Å²) >= 11 is 0. The van der Waals surface area contributed by atoms with Crippen molar-refractivity contribution in [1.82, 2.24) is 19.8 Å². The fraction of sp³-hybridized carbons (Fsp3) is 0.0833. The number of rotatable bonds is 1. The molecule has 3 rings (SSSR count). The SMILES string of the molecule is Nc1nnc(-c2ccc(C(F)(F)F)cc2O)c2ccnn12. The molecule has 9 heteroatoms. The van der Waals surface area contributed by atoms with Crippen LogP contribution in [0, 0.1) is 0 Å². The summed E-state index contributed by atoms with van der Waals surface area (Å²) in [4.78, 5) is 0. The second-order valence-electron chi connectivity index (χ2n) is 4.26. The van der Waals surface area contributed by atoms with Crippen molar-refractivity contribution in [3.63, 3.8) is 0 Å². The summed E-state index contributed by atoms with van der Waals surface area (Å²) in [5.74, 6) is -0.517. The quantitative estimate of drug-likeness (QED) is 0.717. The highest BCUT2D eigenvalue weighted by atomic mass is 19.4. The average Bonchev–Trinajstić information content (AvgIpc) is 2.89. The third-order valence-corrected chi connectivity index (χ3v) is 2.93. The van der Waals surface area contributed by atoms with Gasteiger partial charge in [0.2, 0.25) is 5.95 Å². The Bertz CT molecular complexity index is 827. The van der Waals surface area contributed by atoms with Crippen LogP contribution in [0.4, 0.5) is 19.1 Å². The Morgan fingerprint density at radius 3 is 2.57 bits per heavy atom. The molecule has 0 bridgehead atoms. The zero-order valence-corrected chi connectivity index (χ0v) is 10.3. The van der Waals surface area contributed by atoms with Gasteiger partial charge in [0, 0.05) is 5.56 Å². The van der Waals surface area contributed by atoms with Crippen LogP contribution >= 0.6 is 0 Å². The summed E-state index contributed by atoms with van der Waals surface area (Å²) in [5.41, 5.74) is 5.36. The van der Waals surface area contributed by atoms with Crippen molar-refractivity contribution in [2.45, 2.75) is 6.18 Å². The number of nitrogens with two attached hydrogens (primary N) is 1. The number of hydrogen-bond donors (Lipinski definition) is 2. The Kier molecular flexibility index (Phi) is 2.71. The average molecular weight is 295 g/mol. The molecule has 1 aromatic carbocycles. The van der Waals surface area contributed by atoms with E-state index < -0.39 is 17.5 Å². The van der Waals surface area contributed by atoms with Gasteiger partial charge in [-0.25, -0.2) is 0 Å². The number of benzene rings is 1. The molecule has 2 heterocycles. The molecular formula is C12H8F3N5O. The maximum atomic E-state index is 12.6. The number of aromatic nitrogens is 4. The summed E-state index contributed by atoms with van der Waals surface area (Å²) in [7, 11) is 0. The van der Waals surface area contributed by atoms with Crippen LogP contribution in [0.3, 0.4) is 0 Å².